The van der Waals surface area contributed by atoms with E-state index in [2.05, 4.69) is 12.2 Å². The highest BCUT2D eigenvalue weighted by molar-refractivity contribution is 7.91. The molecule has 1 N–H and O–H groups in total. The highest BCUT2D eigenvalue weighted by Gasteiger charge is 2.28. The van der Waals surface area contributed by atoms with Crippen molar-refractivity contribution in [3.8, 4) is 0 Å². The Labute approximate surface area is 97.7 Å². The van der Waals surface area contributed by atoms with Crippen LogP contribution in [0, 0.1) is 0 Å². The maximum Gasteiger partial charge on any atom is 0.150 e. The lowest BCUT2D eigenvalue weighted by Crippen LogP contribution is -2.46. The molecule has 2 fully saturated rings. The Morgan fingerprint density at radius 2 is 1.94 bits per heavy atom. The van der Waals surface area contributed by atoms with Gasteiger partial charge in [0.1, 0.15) is 9.84 Å². The first-order valence-electron chi connectivity index (χ1n) is 6.15. The van der Waals surface area contributed by atoms with Gasteiger partial charge in [-0.3, -0.25) is 0 Å². The molecule has 2 aliphatic heterocycles. The summed E-state index contributed by atoms with van der Waals surface area (Å²) in [5.74, 6) is 0.672. The van der Waals surface area contributed by atoms with Crippen LogP contribution in [0.2, 0.25) is 0 Å². The Kier molecular flexibility index (Phi) is 3.87. The Bertz CT molecular complexity index is 308. The fraction of sp³-hybridized carbons (Fsp3) is 1.00. The van der Waals surface area contributed by atoms with E-state index in [9.17, 15) is 8.42 Å². The molecule has 5 heteroatoms. The van der Waals surface area contributed by atoms with Crippen molar-refractivity contribution in [2.45, 2.75) is 50.8 Å². The van der Waals surface area contributed by atoms with Crippen molar-refractivity contribution in [3.05, 3.63) is 0 Å². The number of sulfone groups is 1. The molecule has 0 aromatic carbocycles. The smallest absolute Gasteiger partial charge is 0.150 e. The van der Waals surface area contributed by atoms with Crippen molar-refractivity contribution in [1.82, 2.24) is 5.32 Å². The van der Waals surface area contributed by atoms with E-state index < -0.39 is 9.84 Å². The Hall–Kier alpha value is -0.130. The number of hydrogen-bond acceptors (Lipinski definition) is 4. The molecule has 0 amide bonds. The molecule has 0 saturated carbocycles. The molecule has 0 spiro atoms. The average molecular weight is 247 g/mol. The molecule has 94 valence electrons. The first-order valence-corrected chi connectivity index (χ1v) is 7.97. The van der Waals surface area contributed by atoms with Crippen LogP contribution in [0.5, 0.6) is 0 Å². The minimum Gasteiger partial charge on any atom is -0.377 e. The van der Waals surface area contributed by atoms with Gasteiger partial charge in [-0.1, -0.05) is 0 Å². The second-order valence-corrected chi connectivity index (χ2v) is 7.24. The van der Waals surface area contributed by atoms with Crippen molar-refractivity contribution < 1.29 is 13.2 Å². The molecule has 0 aliphatic carbocycles. The minimum absolute atomic E-state index is 0.318. The number of ether oxygens (including phenoxy) is 1. The van der Waals surface area contributed by atoms with Crippen molar-refractivity contribution in [2.24, 2.45) is 0 Å². The lowest BCUT2D eigenvalue weighted by molar-refractivity contribution is 0.0791. The van der Waals surface area contributed by atoms with Gasteiger partial charge < -0.3 is 10.1 Å². The highest BCUT2D eigenvalue weighted by Crippen LogP contribution is 2.18. The van der Waals surface area contributed by atoms with Crippen LogP contribution in [0.3, 0.4) is 0 Å². The van der Waals surface area contributed by atoms with Crippen LogP contribution in [0.1, 0.15) is 32.6 Å². The molecule has 2 saturated heterocycles. The van der Waals surface area contributed by atoms with Gasteiger partial charge >= 0.3 is 0 Å². The first-order chi connectivity index (χ1) is 7.57. The van der Waals surface area contributed by atoms with Crippen molar-refractivity contribution in [2.75, 3.05) is 18.1 Å². The van der Waals surface area contributed by atoms with Crippen LogP contribution in [-0.4, -0.2) is 44.7 Å². The van der Waals surface area contributed by atoms with E-state index in [4.69, 9.17) is 4.74 Å². The normalized spacial score (nSPS) is 32.7. The van der Waals surface area contributed by atoms with E-state index in [1.54, 1.807) is 0 Å². The lowest BCUT2D eigenvalue weighted by Gasteiger charge is -2.29. The molecule has 2 heterocycles. The van der Waals surface area contributed by atoms with Crippen molar-refractivity contribution in [1.29, 1.82) is 0 Å². The van der Waals surface area contributed by atoms with Gasteiger partial charge in [0.05, 0.1) is 17.6 Å². The minimum atomic E-state index is -2.74. The van der Waals surface area contributed by atoms with E-state index in [0.717, 1.165) is 32.3 Å². The third-order valence-corrected chi connectivity index (χ3v) is 5.29. The molecule has 2 atom stereocenters. The van der Waals surface area contributed by atoms with Gasteiger partial charge in [-0.05, 0) is 32.6 Å². The first kappa shape index (κ1) is 12.3. The fourth-order valence-corrected chi connectivity index (χ4v) is 4.02. The zero-order chi connectivity index (χ0) is 11.6. The van der Waals surface area contributed by atoms with Gasteiger partial charge in [0.2, 0.25) is 0 Å². The number of nitrogens with one attached hydrogen (secondary N) is 1. The Morgan fingerprint density at radius 1 is 1.25 bits per heavy atom. The van der Waals surface area contributed by atoms with E-state index in [1.807, 2.05) is 0 Å². The maximum absolute atomic E-state index is 11.3. The summed E-state index contributed by atoms with van der Waals surface area (Å²) in [5, 5.41) is 3.51. The zero-order valence-corrected chi connectivity index (χ0v) is 10.6. The maximum atomic E-state index is 11.3. The summed E-state index contributed by atoms with van der Waals surface area (Å²) in [6.07, 6.45) is 4.09. The molecular weight excluding hydrogens is 226 g/mol. The standard InChI is InChI=1S/C11H21NO3S/c1-9(11-3-2-6-15-11)12-10-4-7-16(13,14)8-5-10/h9-12H,2-8H2,1H3. The second-order valence-electron chi connectivity index (χ2n) is 4.93. The summed E-state index contributed by atoms with van der Waals surface area (Å²) in [4.78, 5) is 0. The van der Waals surface area contributed by atoms with Crippen LogP contribution in [0.15, 0.2) is 0 Å². The summed E-state index contributed by atoms with van der Waals surface area (Å²) < 4.78 is 28.2. The topological polar surface area (TPSA) is 55.4 Å². The van der Waals surface area contributed by atoms with Crippen LogP contribution in [-0.2, 0) is 14.6 Å². The third kappa shape index (κ3) is 3.18. The Morgan fingerprint density at radius 3 is 2.50 bits per heavy atom. The van der Waals surface area contributed by atoms with Gasteiger partial charge in [-0.2, -0.15) is 0 Å². The van der Waals surface area contributed by atoms with Crippen LogP contribution < -0.4 is 5.32 Å². The molecule has 2 rings (SSSR count). The Balaban J connectivity index is 1.77. The van der Waals surface area contributed by atoms with Crippen LogP contribution >= 0.6 is 0 Å². The van der Waals surface area contributed by atoms with Crippen LogP contribution in [0.4, 0.5) is 0 Å². The van der Waals surface area contributed by atoms with Gasteiger partial charge in [0.25, 0.3) is 0 Å². The second kappa shape index (κ2) is 5.02. The molecule has 2 aliphatic rings. The van der Waals surface area contributed by atoms with Gasteiger partial charge in [0, 0.05) is 18.7 Å². The summed E-state index contributed by atoms with van der Waals surface area (Å²) >= 11 is 0. The molecule has 4 nitrogen and oxygen atoms in total. The average Bonchev–Trinajstić information content (AvgIpc) is 2.74. The summed E-state index contributed by atoms with van der Waals surface area (Å²) in [6.45, 7) is 3.01. The lowest BCUT2D eigenvalue weighted by atomic mass is 10.1. The van der Waals surface area contributed by atoms with E-state index in [1.165, 1.54) is 0 Å². The molecule has 0 aromatic rings. The SMILES string of the molecule is CC(NC1CCS(=O)(=O)CC1)C1CCCO1. The van der Waals surface area contributed by atoms with Crippen molar-refractivity contribution in [3.63, 3.8) is 0 Å². The molecule has 16 heavy (non-hydrogen) atoms. The van der Waals surface area contributed by atoms with Gasteiger partial charge in [0.15, 0.2) is 0 Å². The van der Waals surface area contributed by atoms with Crippen molar-refractivity contribution >= 4 is 9.84 Å². The van der Waals surface area contributed by atoms with E-state index >= 15 is 0 Å². The van der Waals surface area contributed by atoms with Crippen LogP contribution in [0.25, 0.3) is 0 Å². The zero-order valence-electron chi connectivity index (χ0n) is 9.81. The number of hydrogen-bond donors (Lipinski definition) is 1. The third-order valence-electron chi connectivity index (χ3n) is 3.58. The molecule has 0 radical (unpaired) electrons. The molecule has 0 aromatic heterocycles. The van der Waals surface area contributed by atoms with E-state index in [-0.39, 0.29) is 0 Å². The fourth-order valence-electron chi connectivity index (χ4n) is 2.53. The quantitative estimate of drug-likeness (QED) is 0.798. The number of rotatable bonds is 3. The predicted octanol–water partition coefficient (Wildman–Crippen LogP) is 0.721. The summed E-state index contributed by atoms with van der Waals surface area (Å²) in [7, 11) is -2.74. The van der Waals surface area contributed by atoms with Gasteiger partial charge in [-0.25, -0.2) is 8.42 Å². The molecular formula is C11H21NO3S. The monoisotopic (exact) mass is 247 g/mol. The summed E-state index contributed by atoms with van der Waals surface area (Å²) in [5.41, 5.74) is 0. The largest absolute Gasteiger partial charge is 0.377 e. The highest BCUT2D eigenvalue weighted by atomic mass is 32.2. The molecule has 2 unspecified atom stereocenters. The summed E-state index contributed by atoms with van der Waals surface area (Å²) in [6, 6.07) is 0.691. The predicted molar refractivity (Wildman–Crippen MR) is 63.2 cm³/mol. The van der Waals surface area contributed by atoms with E-state index in [0.29, 0.717) is 29.7 Å². The van der Waals surface area contributed by atoms with Gasteiger partial charge in [-0.15, -0.1) is 0 Å². The molecule has 0 bridgehead atoms.